The van der Waals surface area contributed by atoms with Crippen molar-refractivity contribution in [3.63, 3.8) is 0 Å². The summed E-state index contributed by atoms with van der Waals surface area (Å²) in [5.74, 6) is 0.634. The molecule has 1 amide bonds. The predicted octanol–water partition coefficient (Wildman–Crippen LogP) is 7.88. The van der Waals surface area contributed by atoms with E-state index in [1.165, 1.54) is 57.7 Å². The van der Waals surface area contributed by atoms with Crippen LogP contribution in [-0.2, 0) is 11.2 Å². The minimum atomic E-state index is -4.74. The molecule has 1 aliphatic carbocycles. The van der Waals surface area contributed by atoms with Crippen molar-refractivity contribution in [1.82, 2.24) is 19.3 Å². The van der Waals surface area contributed by atoms with Gasteiger partial charge in [-0.2, -0.15) is 4.99 Å². The van der Waals surface area contributed by atoms with Crippen molar-refractivity contribution in [1.29, 1.82) is 0 Å². The number of nitrogens with zero attached hydrogens (tertiary/aromatic N) is 5. The minimum Gasteiger partial charge on any atom is -0.406 e. The first-order valence-electron chi connectivity index (χ1n) is 14.8. The summed E-state index contributed by atoms with van der Waals surface area (Å²) in [6, 6.07) is 19.9. The summed E-state index contributed by atoms with van der Waals surface area (Å²) in [4.78, 5) is 22.7. The topological polar surface area (TPSA) is 74.3 Å². The number of carbonyl (C=O) groups is 1. The number of amides is 1. The van der Waals surface area contributed by atoms with E-state index in [9.17, 15) is 18.0 Å². The Hall–Kier alpha value is -4.51. The molecule has 0 spiro atoms. The zero-order chi connectivity index (χ0) is 31.7. The van der Waals surface area contributed by atoms with Crippen LogP contribution in [0.4, 0.5) is 13.2 Å². The maximum absolute atomic E-state index is 13.1. The van der Waals surface area contributed by atoms with Gasteiger partial charge in [-0.25, -0.2) is 9.67 Å². The first-order chi connectivity index (χ1) is 21.6. The summed E-state index contributed by atoms with van der Waals surface area (Å²) in [5.41, 5.74) is 7.10. The third-order valence-electron chi connectivity index (χ3n) is 7.88. The van der Waals surface area contributed by atoms with Crippen LogP contribution in [0.5, 0.6) is 5.75 Å². The molecule has 11 heteroatoms. The first-order valence-corrected chi connectivity index (χ1v) is 15.7. The Morgan fingerprint density at radius 2 is 1.82 bits per heavy atom. The van der Waals surface area contributed by atoms with E-state index in [0.717, 1.165) is 41.8 Å². The summed E-state index contributed by atoms with van der Waals surface area (Å²) in [6.07, 6.45) is 0.103. The summed E-state index contributed by atoms with van der Waals surface area (Å²) in [6.45, 7) is 6.29. The lowest BCUT2D eigenvalue weighted by molar-refractivity contribution is -0.274. The number of aromatic nitrogens is 4. The molecule has 1 fully saturated rings. The van der Waals surface area contributed by atoms with Crippen LogP contribution in [-0.4, -0.2) is 31.6 Å². The average molecular weight is 632 g/mol. The normalized spacial score (nSPS) is 16.6. The molecule has 7 nitrogen and oxygen atoms in total. The van der Waals surface area contributed by atoms with Crippen LogP contribution in [0.25, 0.3) is 22.8 Å². The molecule has 1 aliphatic rings. The van der Waals surface area contributed by atoms with Crippen LogP contribution in [0.1, 0.15) is 54.5 Å². The zero-order valence-electron chi connectivity index (χ0n) is 25.1. The van der Waals surface area contributed by atoms with Crippen molar-refractivity contribution in [2.24, 2.45) is 10.9 Å². The number of aryl methyl sites for hydroxylation is 3. The number of hydrogen-bond donors (Lipinski definition) is 0. The van der Waals surface area contributed by atoms with Gasteiger partial charge in [0.25, 0.3) is 0 Å². The number of rotatable bonds is 9. The number of alkyl halides is 3. The fraction of sp³-hybridized carbons (Fsp3) is 0.294. The van der Waals surface area contributed by atoms with E-state index in [1.807, 2.05) is 36.6 Å². The lowest BCUT2D eigenvalue weighted by Gasteiger charge is -2.13. The highest BCUT2D eigenvalue weighted by Gasteiger charge is 2.39. The second-order valence-corrected chi connectivity index (χ2v) is 12.2. The van der Waals surface area contributed by atoms with E-state index in [4.69, 9.17) is 0 Å². The molecule has 0 radical (unpaired) electrons. The zero-order valence-corrected chi connectivity index (χ0v) is 25.9. The quantitative estimate of drug-likeness (QED) is 0.166. The molecular weight excluding hydrogens is 599 g/mol. The van der Waals surface area contributed by atoms with Crippen LogP contribution in [0.15, 0.2) is 83.4 Å². The molecular formula is C34H32F3N5O2S. The van der Waals surface area contributed by atoms with Crippen LogP contribution < -0.4 is 9.54 Å². The highest BCUT2D eigenvalue weighted by molar-refractivity contribution is 7.07. The van der Waals surface area contributed by atoms with Gasteiger partial charge in [0.15, 0.2) is 10.6 Å². The van der Waals surface area contributed by atoms with Gasteiger partial charge >= 0.3 is 6.36 Å². The summed E-state index contributed by atoms with van der Waals surface area (Å²) >= 11 is 1.49. The van der Waals surface area contributed by atoms with Crippen molar-refractivity contribution in [2.45, 2.75) is 58.7 Å². The van der Waals surface area contributed by atoms with Gasteiger partial charge in [-0.15, -0.1) is 29.6 Å². The van der Waals surface area contributed by atoms with Crippen molar-refractivity contribution in [3.8, 4) is 28.5 Å². The smallest absolute Gasteiger partial charge is 0.406 e. The number of halogens is 3. The van der Waals surface area contributed by atoms with E-state index >= 15 is 0 Å². The maximum Gasteiger partial charge on any atom is 0.573 e. The number of thiazole rings is 1. The molecule has 2 heterocycles. The van der Waals surface area contributed by atoms with Gasteiger partial charge in [-0.05, 0) is 85.5 Å². The van der Waals surface area contributed by atoms with Crippen molar-refractivity contribution >= 4 is 17.2 Å². The molecule has 2 unspecified atom stereocenters. The largest absolute Gasteiger partial charge is 0.573 e. The highest BCUT2D eigenvalue weighted by Crippen LogP contribution is 2.49. The second-order valence-electron chi connectivity index (χ2n) is 11.4. The number of ether oxygens (including phenoxy) is 1. The van der Waals surface area contributed by atoms with Crippen LogP contribution >= 0.6 is 11.3 Å². The van der Waals surface area contributed by atoms with Crippen LogP contribution in [0.3, 0.4) is 0 Å². The Morgan fingerprint density at radius 3 is 2.53 bits per heavy atom. The summed E-state index contributed by atoms with van der Waals surface area (Å²) in [7, 11) is 0. The van der Waals surface area contributed by atoms with Crippen molar-refractivity contribution in [3.05, 3.63) is 106 Å². The molecule has 45 heavy (non-hydrogen) atoms. The summed E-state index contributed by atoms with van der Waals surface area (Å²) in [5, 5.41) is 6.52. The Labute approximate surface area is 262 Å². The SMILES string of the molecule is CCCc1ccc(C)cc1-n1c(C)csc1=NC(=O)CC1CC1c1ccc(-c2ncn(-c3ccc(OC(F)(F)F)cc3)n2)cc1. The van der Waals surface area contributed by atoms with E-state index < -0.39 is 6.36 Å². The first kappa shape index (κ1) is 30.5. The Bertz CT molecular complexity index is 1890. The molecule has 2 atom stereocenters. The third-order valence-corrected chi connectivity index (χ3v) is 8.83. The van der Waals surface area contributed by atoms with Gasteiger partial charge in [-0.1, -0.05) is 49.7 Å². The number of hydrogen-bond acceptors (Lipinski definition) is 5. The van der Waals surface area contributed by atoms with Gasteiger partial charge in [-0.3, -0.25) is 9.36 Å². The Morgan fingerprint density at radius 1 is 1.07 bits per heavy atom. The number of benzene rings is 3. The van der Waals surface area contributed by atoms with Crippen molar-refractivity contribution < 1.29 is 22.7 Å². The lowest BCUT2D eigenvalue weighted by atomic mass is 10.1. The van der Waals surface area contributed by atoms with Gasteiger partial charge in [0, 0.05) is 23.1 Å². The summed E-state index contributed by atoms with van der Waals surface area (Å²) < 4.78 is 44.8. The van der Waals surface area contributed by atoms with E-state index in [2.05, 4.69) is 56.4 Å². The molecule has 6 rings (SSSR count). The number of carbonyl (C=O) groups excluding carboxylic acids is 1. The highest BCUT2D eigenvalue weighted by atomic mass is 32.1. The van der Waals surface area contributed by atoms with E-state index in [1.54, 1.807) is 0 Å². The fourth-order valence-corrected chi connectivity index (χ4v) is 6.47. The van der Waals surface area contributed by atoms with Gasteiger partial charge in [0.05, 0.1) is 11.4 Å². The van der Waals surface area contributed by atoms with Crippen LogP contribution in [0, 0.1) is 19.8 Å². The van der Waals surface area contributed by atoms with Gasteiger partial charge in [0.2, 0.25) is 5.91 Å². The third kappa shape index (κ3) is 7.09. The molecule has 5 aromatic rings. The standard InChI is InChI=1S/C34H32F3N5O2S/c1-4-5-24-7-6-21(2)16-30(24)42-22(3)19-45-33(42)39-31(43)18-26-17-29(26)23-8-10-25(11-9-23)32-38-20-41(40-32)27-12-14-28(15-13-27)44-34(35,36)37/h6-16,19-20,26,29H,4-5,17-18H2,1-3H3. The lowest BCUT2D eigenvalue weighted by Crippen LogP contribution is -2.18. The Balaban J connectivity index is 1.10. The predicted molar refractivity (Wildman–Crippen MR) is 167 cm³/mol. The van der Waals surface area contributed by atoms with Crippen LogP contribution in [0.2, 0.25) is 0 Å². The second kappa shape index (κ2) is 12.5. The molecule has 232 valence electrons. The Kier molecular flexibility index (Phi) is 8.46. The molecule has 3 aromatic carbocycles. The van der Waals surface area contributed by atoms with E-state index in [-0.39, 0.29) is 17.6 Å². The molecule has 2 aromatic heterocycles. The molecule has 0 aliphatic heterocycles. The van der Waals surface area contributed by atoms with Crippen molar-refractivity contribution in [2.75, 3.05) is 0 Å². The molecule has 0 saturated heterocycles. The fourth-order valence-electron chi connectivity index (χ4n) is 5.58. The maximum atomic E-state index is 13.1. The minimum absolute atomic E-state index is 0.104. The van der Waals surface area contributed by atoms with Gasteiger partial charge in [0.1, 0.15) is 12.1 Å². The monoisotopic (exact) mass is 631 g/mol. The average Bonchev–Trinajstić information content (AvgIpc) is 3.40. The molecule has 0 N–H and O–H groups in total. The van der Waals surface area contributed by atoms with Gasteiger partial charge < -0.3 is 4.74 Å². The molecule has 1 saturated carbocycles. The molecule has 0 bridgehead atoms. The van der Waals surface area contributed by atoms with E-state index in [0.29, 0.717) is 28.7 Å².